The number of rotatable bonds is 2. The van der Waals surface area contributed by atoms with Crippen molar-refractivity contribution >= 4 is 17.3 Å². The lowest BCUT2D eigenvalue weighted by molar-refractivity contribution is 0.316. The van der Waals surface area contributed by atoms with Crippen molar-refractivity contribution in [3.8, 4) is 11.8 Å². The van der Waals surface area contributed by atoms with E-state index in [0.717, 1.165) is 29.8 Å². The summed E-state index contributed by atoms with van der Waals surface area (Å²) in [6.07, 6.45) is 3.58. The van der Waals surface area contributed by atoms with Gasteiger partial charge in [-0.15, -0.1) is 0 Å². The number of hydrogen-bond donors (Lipinski definition) is 1. The van der Waals surface area contributed by atoms with Crippen LogP contribution in [0, 0.1) is 11.3 Å². The Kier molecular flexibility index (Phi) is 3.94. The topological polar surface area (TPSA) is 57.9 Å². The maximum absolute atomic E-state index is 8.78. The van der Waals surface area contributed by atoms with Crippen LogP contribution >= 0.6 is 11.6 Å². The molecule has 0 saturated heterocycles. The predicted octanol–water partition coefficient (Wildman–Crippen LogP) is 3.93. The number of pyridine rings is 1. The number of ether oxygens (including phenoxy) is 1. The molecular formula is C16H14ClN3O. The highest BCUT2D eigenvalue weighted by atomic mass is 35.5. The summed E-state index contributed by atoms with van der Waals surface area (Å²) in [5.74, 6) is 0.760. The van der Waals surface area contributed by atoms with E-state index >= 15 is 0 Å². The number of halogens is 1. The zero-order valence-corrected chi connectivity index (χ0v) is 12.1. The van der Waals surface area contributed by atoms with Crippen LogP contribution in [0.15, 0.2) is 36.5 Å². The molecule has 1 N–H and O–H groups in total. The number of benzene rings is 1. The third kappa shape index (κ3) is 2.93. The van der Waals surface area contributed by atoms with Gasteiger partial charge in [0.15, 0.2) is 0 Å². The molecule has 2 heterocycles. The van der Waals surface area contributed by atoms with Gasteiger partial charge in [-0.3, -0.25) is 0 Å². The Morgan fingerprint density at radius 1 is 1.33 bits per heavy atom. The van der Waals surface area contributed by atoms with Gasteiger partial charge in [0.05, 0.1) is 29.6 Å². The second-order valence-corrected chi connectivity index (χ2v) is 5.30. The van der Waals surface area contributed by atoms with Crippen LogP contribution in [0.5, 0.6) is 5.75 Å². The average Bonchev–Trinajstić information content (AvgIpc) is 2.72. The van der Waals surface area contributed by atoms with Crippen molar-refractivity contribution in [2.24, 2.45) is 0 Å². The van der Waals surface area contributed by atoms with Crippen LogP contribution in [-0.4, -0.2) is 11.6 Å². The lowest BCUT2D eigenvalue weighted by Gasteiger charge is -2.19. The van der Waals surface area contributed by atoms with Gasteiger partial charge in [-0.2, -0.15) is 5.26 Å². The van der Waals surface area contributed by atoms with Crippen LogP contribution in [0.3, 0.4) is 0 Å². The summed E-state index contributed by atoms with van der Waals surface area (Å²) in [5.41, 5.74) is 2.35. The Morgan fingerprint density at radius 3 is 3.00 bits per heavy atom. The molecular weight excluding hydrogens is 286 g/mol. The summed E-state index contributed by atoms with van der Waals surface area (Å²) in [7, 11) is 0. The fourth-order valence-corrected chi connectivity index (χ4v) is 2.70. The predicted molar refractivity (Wildman–Crippen MR) is 81.5 cm³/mol. The van der Waals surface area contributed by atoms with Crippen LogP contribution in [0.4, 0.5) is 5.69 Å². The van der Waals surface area contributed by atoms with Gasteiger partial charge in [0.2, 0.25) is 0 Å². The highest BCUT2D eigenvalue weighted by molar-refractivity contribution is 6.32. The lowest BCUT2D eigenvalue weighted by atomic mass is 10.0. The summed E-state index contributed by atoms with van der Waals surface area (Å²) in [4.78, 5) is 4.08. The van der Waals surface area contributed by atoms with Gasteiger partial charge in [0, 0.05) is 5.56 Å². The molecule has 4 nitrogen and oxygen atoms in total. The molecule has 0 saturated carbocycles. The molecule has 0 aliphatic carbocycles. The molecule has 0 radical (unpaired) electrons. The van der Waals surface area contributed by atoms with E-state index in [0.29, 0.717) is 17.3 Å². The molecule has 106 valence electrons. The molecule has 5 heteroatoms. The monoisotopic (exact) mass is 299 g/mol. The number of nitrogens with zero attached hydrogens (tertiary/aromatic N) is 2. The van der Waals surface area contributed by atoms with Crippen molar-refractivity contribution in [2.45, 2.75) is 18.9 Å². The maximum Gasteiger partial charge on any atom is 0.143 e. The molecule has 2 aromatic rings. The number of aromatic nitrogens is 1. The summed E-state index contributed by atoms with van der Waals surface area (Å²) in [6, 6.07) is 11.5. The minimum atomic E-state index is 0.121. The Labute approximate surface area is 128 Å². The summed E-state index contributed by atoms with van der Waals surface area (Å²) >= 11 is 6.22. The molecule has 0 spiro atoms. The molecule has 1 aliphatic heterocycles. The summed E-state index contributed by atoms with van der Waals surface area (Å²) < 4.78 is 5.75. The van der Waals surface area contributed by atoms with E-state index in [4.69, 9.17) is 21.6 Å². The van der Waals surface area contributed by atoms with Gasteiger partial charge in [-0.1, -0.05) is 23.7 Å². The fraction of sp³-hybridized carbons (Fsp3) is 0.250. The number of fused-ring (bicyclic) bond motifs is 1. The lowest BCUT2D eigenvalue weighted by Crippen LogP contribution is -2.10. The molecule has 3 rings (SSSR count). The molecule has 0 amide bonds. The largest absolute Gasteiger partial charge is 0.492 e. The van der Waals surface area contributed by atoms with Gasteiger partial charge in [0.25, 0.3) is 0 Å². The first-order chi connectivity index (χ1) is 10.3. The van der Waals surface area contributed by atoms with Gasteiger partial charge in [-0.25, -0.2) is 4.98 Å². The van der Waals surface area contributed by atoms with Gasteiger partial charge >= 0.3 is 0 Å². The number of nitriles is 1. The molecule has 1 aliphatic rings. The van der Waals surface area contributed by atoms with E-state index < -0.39 is 0 Å². The smallest absolute Gasteiger partial charge is 0.143 e. The third-order valence-electron chi connectivity index (χ3n) is 3.48. The fourth-order valence-electron chi connectivity index (χ4n) is 2.47. The molecule has 21 heavy (non-hydrogen) atoms. The quantitative estimate of drug-likeness (QED) is 0.912. The Balaban J connectivity index is 1.88. The summed E-state index contributed by atoms with van der Waals surface area (Å²) in [6.45, 7) is 0.667. The maximum atomic E-state index is 8.78. The van der Waals surface area contributed by atoms with Crippen molar-refractivity contribution < 1.29 is 4.74 Å². The van der Waals surface area contributed by atoms with E-state index in [1.165, 1.54) is 0 Å². The highest BCUT2D eigenvalue weighted by Crippen LogP contribution is 2.38. The number of para-hydroxylation sites is 1. The van der Waals surface area contributed by atoms with Crippen LogP contribution in [-0.2, 0) is 0 Å². The van der Waals surface area contributed by atoms with E-state index in [2.05, 4.69) is 10.3 Å². The number of nitrogens with one attached hydrogen (secondary N) is 1. The minimum Gasteiger partial charge on any atom is -0.492 e. The highest BCUT2D eigenvalue weighted by Gasteiger charge is 2.21. The van der Waals surface area contributed by atoms with Crippen LogP contribution in [0.1, 0.15) is 30.1 Å². The van der Waals surface area contributed by atoms with Crippen LogP contribution in [0.2, 0.25) is 5.02 Å². The standard InChI is InChI=1S/C16H14ClN3O/c17-14-4-1-3-13-15(5-2-8-21-16(13)14)20-12-7-6-11(9-18)19-10-12/h1,3-4,6-7,10,15,20H,2,5,8H2. The third-order valence-corrected chi connectivity index (χ3v) is 3.77. The molecule has 1 unspecified atom stereocenters. The van der Waals surface area contributed by atoms with Crippen LogP contribution < -0.4 is 10.1 Å². The van der Waals surface area contributed by atoms with Gasteiger partial charge in [0.1, 0.15) is 17.5 Å². The second kappa shape index (κ2) is 6.02. The second-order valence-electron chi connectivity index (χ2n) is 4.89. The minimum absolute atomic E-state index is 0.121. The first-order valence-corrected chi connectivity index (χ1v) is 7.19. The average molecular weight is 300 g/mol. The summed E-state index contributed by atoms with van der Waals surface area (Å²) in [5, 5.41) is 12.9. The van der Waals surface area contributed by atoms with Gasteiger partial charge in [-0.05, 0) is 31.0 Å². The Bertz CT molecular complexity index is 679. The van der Waals surface area contributed by atoms with Gasteiger partial charge < -0.3 is 10.1 Å². The van der Waals surface area contributed by atoms with Crippen molar-refractivity contribution in [2.75, 3.05) is 11.9 Å². The SMILES string of the molecule is N#Cc1ccc(NC2CCCOc3c(Cl)cccc32)cn1. The van der Waals surface area contributed by atoms with E-state index in [1.54, 1.807) is 12.3 Å². The molecule has 1 atom stereocenters. The van der Waals surface area contributed by atoms with E-state index in [9.17, 15) is 0 Å². The van der Waals surface area contributed by atoms with Crippen molar-refractivity contribution in [1.29, 1.82) is 5.26 Å². The number of anilines is 1. The first-order valence-electron chi connectivity index (χ1n) is 6.82. The van der Waals surface area contributed by atoms with Crippen molar-refractivity contribution in [3.05, 3.63) is 52.8 Å². The van der Waals surface area contributed by atoms with Crippen molar-refractivity contribution in [3.63, 3.8) is 0 Å². The number of hydrogen-bond acceptors (Lipinski definition) is 4. The molecule has 0 fully saturated rings. The Morgan fingerprint density at radius 2 is 2.24 bits per heavy atom. The normalized spacial score (nSPS) is 17.0. The first kappa shape index (κ1) is 13.7. The Hall–Kier alpha value is -2.25. The van der Waals surface area contributed by atoms with E-state index in [-0.39, 0.29) is 6.04 Å². The zero-order chi connectivity index (χ0) is 14.7. The van der Waals surface area contributed by atoms with Crippen molar-refractivity contribution in [1.82, 2.24) is 4.98 Å². The zero-order valence-electron chi connectivity index (χ0n) is 11.3. The molecule has 1 aromatic carbocycles. The van der Waals surface area contributed by atoms with Crippen LogP contribution in [0.25, 0.3) is 0 Å². The molecule has 0 bridgehead atoms. The van der Waals surface area contributed by atoms with E-state index in [1.807, 2.05) is 30.3 Å². The molecule has 1 aromatic heterocycles.